The molecule has 0 atom stereocenters. The van der Waals surface area contributed by atoms with E-state index in [1.165, 1.54) is 0 Å². The molecule has 2 nitrogen and oxygen atoms in total. The predicted octanol–water partition coefficient (Wildman–Crippen LogP) is 1.20. The van der Waals surface area contributed by atoms with Gasteiger partial charge in [0.25, 0.3) is 0 Å². The van der Waals surface area contributed by atoms with Gasteiger partial charge >= 0.3 is 0 Å². The monoisotopic (exact) mass is 112 g/mol. The molecule has 8 heavy (non-hydrogen) atoms. The Labute approximate surface area is 50.7 Å². The molecule has 0 bridgehead atoms. The first-order valence-electron chi connectivity index (χ1n) is 2.88. The molecule has 0 rings (SSSR count). The molecule has 0 aliphatic rings. The molecule has 0 saturated heterocycles. The highest BCUT2D eigenvalue weighted by atomic mass is 15.1. The Hall–Kier alpha value is -0.710. The summed E-state index contributed by atoms with van der Waals surface area (Å²) in [5, 5.41) is 8.37. The van der Waals surface area contributed by atoms with E-state index in [9.17, 15) is 0 Å². The average molecular weight is 112 g/mol. The molecule has 0 aliphatic carbocycles. The van der Waals surface area contributed by atoms with Crippen molar-refractivity contribution in [2.75, 3.05) is 6.54 Å². The van der Waals surface area contributed by atoms with E-state index in [4.69, 9.17) is 5.26 Å². The second kappa shape index (κ2) is 3.31. The van der Waals surface area contributed by atoms with Gasteiger partial charge in [0.2, 0.25) is 0 Å². The second-order valence-corrected chi connectivity index (χ2v) is 1.98. The lowest BCUT2D eigenvalue weighted by Gasteiger charge is -2.16. The minimum atomic E-state index is 0.352. The minimum Gasteiger partial charge on any atom is -0.308 e. The lowest BCUT2D eigenvalue weighted by molar-refractivity contribution is 0.342. The zero-order valence-corrected chi connectivity index (χ0v) is 5.68. The van der Waals surface area contributed by atoms with Gasteiger partial charge in [-0.15, -0.1) is 0 Å². The van der Waals surface area contributed by atoms with Gasteiger partial charge in [-0.1, -0.05) is 0 Å². The summed E-state index contributed by atoms with van der Waals surface area (Å²) in [5.74, 6) is 0. The molecule has 2 heteroatoms. The fourth-order valence-corrected chi connectivity index (χ4v) is 0.551. The van der Waals surface area contributed by atoms with E-state index < -0.39 is 0 Å². The Morgan fingerprint density at radius 1 is 1.62 bits per heavy atom. The number of rotatable bonds is 2. The van der Waals surface area contributed by atoms with Crippen LogP contribution in [-0.4, -0.2) is 17.5 Å². The molecular weight excluding hydrogens is 100 g/mol. The molecule has 46 valence electrons. The van der Waals surface area contributed by atoms with Crippen molar-refractivity contribution in [1.82, 2.24) is 4.90 Å². The third-order valence-electron chi connectivity index (χ3n) is 1.09. The van der Waals surface area contributed by atoms with Gasteiger partial charge in [-0.25, -0.2) is 0 Å². The third kappa shape index (κ3) is 1.83. The molecule has 0 fully saturated rings. The van der Waals surface area contributed by atoms with Crippen LogP contribution in [0.4, 0.5) is 0 Å². The maximum absolute atomic E-state index is 8.37. The van der Waals surface area contributed by atoms with Crippen molar-refractivity contribution in [1.29, 1.82) is 5.26 Å². The molecule has 0 aromatic rings. The van der Waals surface area contributed by atoms with Crippen molar-refractivity contribution < 1.29 is 0 Å². The molecule has 0 heterocycles. The van der Waals surface area contributed by atoms with E-state index in [2.05, 4.69) is 6.19 Å². The van der Waals surface area contributed by atoms with Crippen LogP contribution in [0.3, 0.4) is 0 Å². The summed E-state index contributed by atoms with van der Waals surface area (Å²) in [6.45, 7) is 6.80. The average Bonchev–Trinajstić information content (AvgIpc) is 1.69. The molecule has 0 amide bonds. The first-order valence-corrected chi connectivity index (χ1v) is 2.88. The highest BCUT2D eigenvalue weighted by Crippen LogP contribution is 1.92. The van der Waals surface area contributed by atoms with Crippen molar-refractivity contribution in [3.63, 3.8) is 0 Å². The first kappa shape index (κ1) is 7.29. The topological polar surface area (TPSA) is 27.0 Å². The Morgan fingerprint density at radius 3 is 2.12 bits per heavy atom. The smallest absolute Gasteiger partial charge is 0.179 e. The molecule has 0 aliphatic heterocycles. The van der Waals surface area contributed by atoms with Crippen LogP contribution in [0.1, 0.15) is 20.8 Å². The van der Waals surface area contributed by atoms with Crippen LogP contribution < -0.4 is 0 Å². The van der Waals surface area contributed by atoms with Crippen LogP contribution in [0.15, 0.2) is 0 Å². The summed E-state index contributed by atoms with van der Waals surface area (Å²) < 4.78 is 0. The van der Waals surface area contributed by atoms with Gasteiger partial charge in [-0.05, 0) is 20.8 Å². The van der Waals surface area contributed by atoms with E-state index in [0.717, 1.165) is 6.54 Å². The fraction of sp³-hybridized carbons (Fsp3) is 0.833. The van der Waals surface area contributed by atoms with E-state index in [1.807, 2.05) is 20.8 Å². The van der Waals surface area contributed by atoms with Gasteiger partial charge in [0.1, 0.15) is 0 Å². The number of nitrogens with zero attached hydrogens (tertiary/aromatic N) is 2. The summed E-state index contributed by atoms with van der Waals surface area (Å²) in [6, 6.07) is 0.352. The summed E-state index contributed by atoms with van der Waals surface area (Å²) in [4.78, 5) is 1.72. The Kier molecular flexibility index (Phi) is 3.02. The van der Waals surface area contributed by atoms with Crippen LogP contribution in [0.25, 0.3) is 0 Å². The first-order chi connectivity index (χ1) is 3.72. The van der Waals surface area contributed by atoms with Crippen molar-refractivity contribution in [3.8, 4) is 6.19 Å². The summed E-state index contributed by atoms with van der Waals surface area (Å²) >= 11 is 0. The quantitative estimate of drug-likeness (QED) is 0.396. The molecule has 0 spiro atoms. The highest BCUT2D eigenvalue weighted by Gasteiger charge is 2.00. The zero-order valence-electron chi connectivity index (χ0n) is 5.68. The molecule has 0 saturated carbocycles. The molecule has 0 radical (unpaired) electrons. The molecule has 0 unspecified atom stereocenters. The van der Waals surface area contributed by atoms with E-state index in [1.54, 1.807) is 4.90 Å². The van der Waals surface area contributed by atoms with E-state index >= 15 is 0 Å². The molecule has 0 N–H and O–H groups in total. The van der Waals surface area contributed by atoms with Gasteiger partial charge in [-0.3, -0.25) is 0 Å². The van der Waals surface area contributed by atoms with Crippen LogP contribution in [0, 0.1) is 11.5 Å². The summed E-state index contributed by atoms with van der Waals surface area (Å²) in [6.07, 6.45) is 2.08. The minimum absolute atomic E-state index is 0.352. The van der Waals surface area contributed by atoms with Gasteiger partial charge in [-0.2, -0.15) is 5.26 Å². The Balaban J connectivity index is 3.57. The predicted molar refractivity (Wildman–Crippen MR) is 33.1 cm³/mol. The van der Waals surface area contributed by atoms with Crippen molar-refractivity contribution in [3.05, 3.63) is 0 Å². The number of nitriles is 1. The standard InChI is InChI=1S/C6H12N2/c1-4-8(5-7)6(2)3/h6H,4H2,1-3H3. The zero-order chi connectivity index (χ0) is 6.57. The molecule has 0 aromatic carbocycles. The lowest BCUT2D eigenvalue weighted by Crippen LogP contribution is -2.24. The largest absolute Gasteiger partial charge is 0.308 e. The third-order valence-corrected chi connectivity index (χ3v) is 1.09. The van der Waals surface area contributed by atoms with Gasteiger partial charge in [0.15, 0.2) is 6.19 Å². The maximum Gasteiger partial charge on any atom is 0.179 e. The van der Waals surface area contributed by atoms with Crippen molar-refractivity contribution in [2.24, 2.45) is 0 Å². The van der Waals surface area contributed by atoms with Gasteiger partial charge in [0.05, 0.1) is 0 Å². The van der Waals surface area contributed by atoms with Crippen LogP contribution in [0.5, 0.6) is 0 Å². The van der Waals surface area contributed by atoms with Crippen LogP contribution in [-0.2, 0) is 0 Å². The molecule has 0 aromatic heterocycles. The molecular formula is C6H12N2. The van der Waals surface area contributed by atoms with Gasteiger partial charge in [0, 0.05) is 12.6 Å². The normalized spacial score (nSPS) is 8.88. The van der Waals surface area contributed by atoms with Crippen molar-refractivity contribution >= 4 is 0 Å². The Bertz CT molecular complexity index is 91.2. The maximum atomic E-state index is 8.37. The summed E-state index contributed by atoms with van der Waals surface area (Å²) in [7, 11) is 0. The second-order valence-electron chi connectivity index (χ2n) is 1.98. The fourth-order valence-electron chi connectivity index (χ4n) is 0.551. The number of hydrogen-bond donors (Lipinski definition) is 0. The number of hydrogen-bond acceptors (Lipinski definition) is 2. The summed E-state index contributed by atoms with van der Waals surface area (Å²) in [5.41, 5.74) is 0. The highest BCUT2D eigenvalue weighted by molar-refractivity contribution is 4.74. The van der Waals surface area contributed by atoms with E-state index in [0.29, 0.717) is 6.04 Å². The van der Waals surface area contributed by atoms with Crippen molar-refractivity contribution in [2.45, 2.75) is 26.8 Å². The van der Waals surface area contributed by atoms with Crippen LogP contribution >= 0.6 is 0 Å². The van der Waals surface area contributed by atoms with Crippen LogP contribution in [0.2, 0.25) is 0 Å². The van der Waals surface area contributed by atoms with Gasteiger partial charge < -0.3 is 4.90 Å². The SMILES string of the molecule is CCN(C#N)C(C)C. The van der Waals surface area contributed by atoms with E-state index in [-0.39, 0.29) is 0 Å². The Morgan fingerprint density at radius 2 is 2.12 bits per heavy atom. The lowest BCUT2D eigenvalue weighted by atomic mass is 10.3.